The van der Waals surface area contributed by atoms with E-state index in [1.54, 1.807) is 0 Å². The molecule has 1 N–H and O–H groups in total. The van der Waals surface area contributed by atoms with Crippen molar-refractivity contribution in [3.8, 4) is 0 Å². The van der Waals surface area contributed by atoms with Gasteiger partial charge in [-0.1, -0.05) is 31.5 Å². The number of para-hydroxylation sites is 1. The van der Waals surface area contributed by atoms with Gasteiger partial charge in [0.2, 0.25) is 0 Å². The van der Waals surface area contributed by atoms with E-state index in [0.717, 1.165) is 48.7 Å². The molecular weight excluding hydrogens is 236 g/mol. The molecule has 1 aromatic carbocycles. The number of nitrogens with one attached hydrogen (secondary N) is 1. The first kappa shape index (κ1) is 12.3. The minimum atomic E-state index is 0.188. The molecule has 100 valence electrons. The van der Waals surface area contributed by atoms with Crippen molar-refractivity contribution in [3.05, 3.63) is 36.0 Å². The van der Waals surface area contributed by atoms with Gasteiger partial charge in [0.15, 0.2) is 0 Å². The van der Waals surface area contributed by atoms with Crippen LogP contribution >= 0.6 is 0 Å². The molecule has 1 heterocycles. The summed E-state index contributed by atoms with van der Waals surface area (Å²) >= 11 is 0. The van der Waals surface area contributed by atoms with Crippen LogP contribution in [-0.2, 0) is 0 Å². The number of unbranched alkanes of at least 4 members (excludes halogenated alkanes) is 1. The summed E-state index contributed by atoms with van der Waals surface area (Å²) in [5, 5.41) is 1.04. The van der Waals surface area contributed by atoms with Gasteiger partial charge in [0, 0.05) is 29.7 Å². The summed E-state index contributed by atoms with van der Waals surface area (Å²) < 4.78 is 0. The summed E-state index contributed by atoms with van der Waals surface area (Å²) in [6.07, 6.45) is 6.40. The number of carbonyl (C=O) groups excluding carboxylic acids is 1. The molecule has 0 aliphatic heterocycles. The van der Waals surface area contributed by atoms with Crippen molar-refractivity contribution in [2.75, 3.05) is 6.54 Å². The van der Waals surface area contributed by atoms with E-state index in [-0.39, 0.29) is 5.91 Å². The Labute approximate surface area is 113 Å². The number of fused-ring (bicyclic) bond motifs is 1. The second kappa shape index (κ2) is 5.08. The Hall–Kier alpha value is -1.77. The fraction of sp³-hybridized carbons (Fsp3) is 0.438. The number of H-pyrrole nitrogens is 1. The largest absolute Gasteiger partial charge is 0.360 e. The molecule has 3 rings (SSSR count). The van der Waals surface area contributed by atoms with E-state index < -0.39 is 0 Å². The summed E-state index contributed by atoms with van der Waals surface area (Å²) in [6, 6.07) is 8.49. The van der Waals surface area contributed by atoms with E-state index in [1.165, 1.54) is 0 Å². The summed E-state index contributed by atoms with van der Waals surface area (Å²) in [6.45, 7) is 3.06. The van der Waals surface area contributed by atoms with Crippen LogP contribution in [-0.4, -0.2) is 28.4 Å². The molecule has 1 amide bonds. The van der Waals surface area contributed by atoms with Gasteiger partial charge in [0.1, 0.15) is 0 Å². The minimum Gasteiger partial charge on any atom is -0.360 e. The number of carbonyl (C=O) groups is 1. The fourth-order valence-electron chi connectivity index (χ4n) is 2.57. The Morgan fingerprint density at radius 3 is 2.89 bits per heavy atom. The van der Waals surface area contributed by atoms with Crippen molar-refractivity contribution in [1.82, 2.24) is 9.88 Å². The third kappa shape index (κ3) is 2.37. The Balaban J connectivity index is 1.88. The molecule has 0 saturated heterocycles. The Kier molecular flexibility index (Phi) is 3.28. The zero-order chi connectivity index (χ0) is 13.2. The topological polar surface area (TPSA) is 36.1 Å². The molecular formula is C16H20N2O. The van der Waals surface area contributed by atoms with Crippen LogP contribution in [0.4, 0.5) is 0 Å². The second-order valence-electron chi connectivity index (χ2n) is 5.33. The lowest BCUT2D eigenvalue weighted by molar-refractivity contribution is 0.0743. The van der Waals surface area contributed by atoms with Crippen LogP contribution in [0.1, 0.15) is 43.0 Å². The van der Waals surface area contributed by atoms with Crippen LogP contribution in [0.25, 0.3) is 10.9 Å². The van der Waals surface area contributed by atoms with Crippen LogP contribution in [0.15, 0.2) is 30.5 Å². The highest BCUT2D eigenvalue weighted by Gasteiger charge is 2.33. The average Bonchev–Trinajstić information content (AvgIpc) is 3.18. The molecule has 1 aromatic heterocycles. The molecule has 3 nitrogen and oxygen atoms in total. The maximum absolute atomic E-state index is 12.7. The number of nitrogens with zero attached hydrogens (tertiary/aromatic N) is 1. The highest BCUT2D eigenvalue weighted by atomic mass is 16.2. The number of aromatic amines is 1. The maximum atomic E-state index is 12.7. The lowest BCUT2D eigenvalue weighted by atomic mass is 10.1. The Bertz CT molecular complexity index is 583. The summed E-state index contributed by atoms with van der Waals surface area (Å²) in [5.41, 5.74) is 1.86. The van der Waals surface area contributed by atoms with Crippen molar-refractivity contribution in [1.29, 1.82) is 0 Å². The standard InChI is InChI=1S/C16H20N2O/c1-2-3-10-18(12-8-9-12)16(19)14-11-17-15-7-5-4-6-13(14)15/h4-7,11-12,17H,2-3,8-10H2,1H3. The Morgan fingerprint density at radius 1 is 1.37 bits per heavy atom. The first-order chi connectivity index (χ1) is 9.31. The summed E-state index contributed by atoms with van der Waals surface area (Å²) in [4.78, 5) is 18.0. The summed E-state index contributed by atoms with van der Waals surface area (Å²) in [7, 11) is 0. The maximum Gasteiger partial charge on any atom is 0.256 e. The van der Waals surface area contributed by atoms with Crippen molar-refractivity contribution in [2.45, 2.75) is 38.6 Å². The lowest BCUT2D eigenvalue weighted by Gasteiger charge is -2.21. The number of hydrogen-bond acceptors (Lipinski definition) is 1. The molecule has 1 saturated carbocycles. The van der Waals surface area contributed by atoms with E-state index in [4.69, 9.17) is 0 Å². The molecule has 0 unspecified atom stereocenters. The van der Waals surface area contributed by atoms with Crippen LogP contribution < -0.4 is 0 Å². The van der Waals surface area contributed by atoms with Crippen molar-refractivity contribution in [3.63, 3.8) is 0 Å². The Morgan fingerprint density at radius 2 is 2.16 bits per heavy atom. The van der Waals surface area contributed by atoms with Crippen molar-refractivity contribution >= 4 is 16.8 Å². The quantitative estimate of drug-likeness (QED) is 0.872. The first-order valence-electron chi connectivity index (χ1n) is 7.18. The van der Waals surface area contributed by atoms with Gasteiger partial charge in [-0.2, -0.15) is 0 Å². The monoisotopic (exact) mass is 256 g/mol. The van der Waals surface area contributed by atoms with Crippen molar-refractivity contribution < 1.29 is 4.79 Å². The minimum absolute atomic E-state index is 0.188. The zero-order valence-electron chi connectivity index (χ0n) is 11.4. The number of amides is 1. The van der Waals surface area contributed by atoms with E-state index in [0.29, 0.717) is 6.04 Å². The molecule has 2 aromatic rings. The van der Waals surface area contributed by atoms with Crippen LogP contribution in [0.3, 0.4) is 0 Å². The first-order valence-corrected chi connectivity index (χ1v) is 7.18. The number of rotatable bonds is 5. The van der Waals surface area contributed by atoms with Gasteiger partial charge in [-0.3, -0.25) is 4.79 Å². The lowest BCUT2D eigenvalue weighted by Crippen LogP contribution is -2.33. The van der Waals surface area contributed by atoms with Gasteiger partial charge in [0.25, 0.3) is 5.91 Å². The van der Waals surface area contributed by atoms with E-state index in [2.05, 4.69) is 16.8 Å². The molecule has 3 heteroatoms. The normalized spacial score (nSPS) is 14.8. The predicted octanol–water partition coefficient (Wildman–Crippen LogP) is 3.57. The van der Waals surface area contributed by atoms with E-state index in [1.807, 2.05) is 30.5 Å². The van der Waals surface area contributed by atoms with Crippen LogP contribution in [0.5, 0.6) is 0 Å². The fourth-order valence-corrected chi connectivity index (χ4v) is 2.57. The van der Waals surface area contributed by atoms with Gasteiger partial charge in [-0.05, 0) is 25.3 Å². The van der Waals surface area contributed by atoms with Gasteiger partial charge in [-0.15, -0.1) is 0 Å². The molecule has 0 radical (unpaired) electrons. The van der Waals surface area contributed by atoms with E-state index >= 15 is 0 Å². The molecule has 1 aliphatic carbocycles. The number of aromatic nitrogens is 1. The second-order valence-corrected chi connectivity index (χ2v) is 5.33. The molecule has 0 bridgehead atoms. The third-order valence-electron chi connectivity index (χ3n) is 3.82. The number of benzene rings is 1. The molecule has 0 spiro atoms. The molecule has 0 atom stereocenters. The highest BCUT2D eigenvalue weighted by Crippen LogP contribution is 2.30. The van der Waals surface area contributed by atoms with Gasteiger partial charge < -0.3 is 9.88 Å². The number of hydrogen-bond donors (Lipinski definition) is 1. The van der Waals surface area contributed by atoms with Gasteiger partial charge in [0.05, 0.1) is 5.56 Å². The highest BCUT2D eigenvalue weighted by molar-refractivity contribution is 6.06. The molecule has 1 aliphatic rings. The predicted molar refractivity (Wildman–Crippen MR) is 77.3 cm³/mol. The zero-order valence-corrected chi connectivity index (χ0v) is 11.4. The van der Waals surface area contributed by atoms with Crippen LogP contribution in [0.2, 0.25) is 0 Å². The molecule has 19 heavy (non-hydrogen) atoms. The molecule has 1 fully saturated rings. The average molecular weight is 256 g/mol. The van der Waals surface area contributed by atoms with Gasteiger partial charge >= 0.3 is 0 Å². The van der Waals surface area contributed by atoms with Crippen LogP contribution in [0, 0.1) is 0 Å². The smallest absolute Gasteiger partial charge is 0.256 e. The SMILES string of the molecule is CCCCN(C(=O)c1c[nH]c2ccccc12)C1CC1. The summed E-state index contributed by atoms with van der Waals surface area (Å²) in [5.74, 6) is 0.188. The van der Waals surface area contributed by atoms with E-state index in [9.17, 15) is 4.79 Å². The van der Waals surface area contributed by atoms with Crippen molar-refractivity contribution in [2.24, 2.45) is 0 Å². The third-order valence-corrected chi connectivity index (χ3v) is 3.82. The van der Waals surface area contributed by atoms with Gasteiger partial charge in [-0.25, -0.2) is 0 Å².